The van der Waals surface area contributed by atoms with E-state index in [1.54, 1.807) is 0 Å². The molecule has 1 N–H and O–H groups in total. The van der Waals surface area contributed by atoms with E-state index in [1.165, 1.54) is 0 Å². The molecule has 1 aliphatic rings. The van der Waals surface area contributed by atoms with Gasteiger partial charge in [-0.05, 0) is 25.0 Å². The summed E-state index contributed by atoms with van der Waals surface area (Å²) in [5.41, 5.74) is 1.99. The van der Waals surface area contributed by atoms with Gasteiger partial charge >= 0.3 is 0 Å². The summed E-state index contributed by atoms with van der Waals surface area (Å²) in [5, 5.41) is 2.90. The average molecular weight is 161 g/mol. The largest absolute Gasteiger partial charge is 0.349 e. The highest BCUT2D eigenvalue weighted by Crippen LogP contribution is 2.15. The van der Waals surface area contributed by atoms with E-state index in [0.29, 0.717) is 0 Å². The third-order valence-corrected chi connectivity index (χ3v) is 2.17. The Bertz CT molecular complexity index is 319. The highest BCUT2D eigenvalue weighted by molar-refractivity contribution is 5.96. The molecule has 0 bridgehead atoms. The molecule has 1 aromatic carbocycles. The number of nitrogens with one attached hydrogen (secondary N) is 1. The van der Waals surface area contributed by atoms with E-state index in [0.717, 1.165) is 17.5 Å². The lowest BCUT2D eigenvalue weighted by atomic mass is 9.96. The zero-order valence-corrected chi connectivity index (χ0v) is 7.00. The van der Waals surface area contributed by atoms with Gasteiger partial charge in [0.05, 0.1) is 0 Å². The third-order valence-electron chi connectivity index (χ3n) is 2.17. The fourth-order valence-electron chi connectivity index (χ4n) is 1.60. The number of amides is 1. The lowest BCUT2D eigenvalue weighted by molar-refractivity contribution is 0.0929. The SMILES string of the molecule is C[C@@H]1Cc2ccccc2C(=O)N1. The summed E-state index contributed by atoms with van der Waals surface area (Å²) in [6.07, 6.45) is 0.946. The molecule has 2 heteroatoms. The number of fused-ring (bicyclic) bond motifs is 1. The summed E-state index contributed by atoms with van der Waals surface area (Å²) < 4.78 is 0. The molecule has 0 radical (unpaired) electrons. The Balaban J connectivity index is 2.47. The van der Waals surface area contributed by atoms with E-state index < -0.39 is 0 Å². The molecule has 0 aliphatic carbocycles. The van der Waals surface area contributed by atoms with Crippen LogP contribution in [0.2, 0.25) is 0 Å². The number of rotatable bonds is 0. The van der Waals surface area contributed by atoms with Crippen LogP contribution < -0.4 is 5.32 Å². The lowest BCUT2D eigenvalue weighted by Crippen LogP contribution is -2.39. The zero-order valence-electron chi connectivity index (χ0n) is 7.00. The minimum atomic E-state index is 0.0596. The van der Waals surface area contributed by atoms with Crippen LogP contribution in [0.3, 0.4) is 0 Å². The van der Waals surface area contributed by atoms with Crippen molar-refractivity contribution >= 4 is 5.91 Å². The molecule has 0 saturated heterocycles. The maximum absolute atomic E-state index is 11.4. The minimum Gasteiger partial charge on any atom is -0.349 e. The van der Waals surface area contributed by atoms with Gasteiger partial charge in [0.25, 0.3) is 5.91 Å². The average Bonchev–Trinajstić information content (AvgIpc) is 2.04. The predicted octanol–water partition coefficient (Wildman–Crippen LogP) is 1.36. The number of hydrogen-bond acceptors (Lipinski definition) is 1. The second kappa shape index (κ2) is 2.63. The van der Waals surface area contributed by atoms with E-state index in [1.807, 2.05) is 31.2 Å². The van der Waals surface area contributed by atoms with Gasteiger partial charge in [-0.3, -0.25) is 4.79 Å². The van der Waals surface area contributed by atoms with Crippen LogP contribution in [0.4, 0.5) is 0 Å². The number of carbonyl (C=O) groups is 1. The van der Waals surface area contributed by atoms with Gasteiger partial charge in [-0.1, -0.05) is 18.2 Å². The molecule has 1 aromatic rings. The normalized spacial score (nSPS) is 21.4. The standard InChI is InChI=1S/C10H11NO/c1-7-6-8-4-2-3-5-9(8)10(12)11-7/h2-5,7H,6H2,1H3,(H,11,12)/t7-/m1/s1. The first kappa shape index (κ1) is 7.35. The molecule has 0 fully saturated rings. The van der Waals surface area contributed by atoms with Gasteiger partial charge in [-0.15, -0.1) is 0 Å². The topological polar surface area (TPSA) is 29.1 Å². The van der Waals surface area contributed by atoms with Gasteiger partial charge in [-0.2, -0.15) is 0 Å². The highest BCUT2D eigenvalue weighted by atomic mass is 16.1. The smallest absolute Gasteiger partial charge is 0.251 e. The Labute approximate surface area is 71.6 Å². The predicted molar refractivity (Wildman–Crippen MR) is 47.1 cm³/mol. The van der Waals surface area contributed by atoms with E-state index >= 15 is 0 Å². The molecule has 0 spiro atoms. The maximum Gasteiger partial charge on any atom is 0.251 e. The van der Waals surface area contributed by atoms with Crippen molar-refractivity contribution in [2.75, 3.05) is 0 Å². The summed E-state index contributed by atoms with van der Waals surface area (Å²) in [6.45, 7) is 2.02. The first-order valence-electron chi connectivity index (χ1n) is 4.16. The van der Waals surface area contributed by atoms with Gasteiger partial charge in [0.1, 0.15) is 0 Å². The molecule has 0 saturated carbocycles. The molecular weight excluding hydrogens is 150 g/mol. The third kappa shape index (κ3) is 1.09. The van der Waals surface area contributed by atoms with E-state index in [2.05, 4.69) is 5.32 Å². The molecule has 0 aromatic heterocycles. The van der Waals surface area contributed by atoms with Crippen molar-refractivity contribution in [2.24, 2.45) is 0 Å². The molecule has 1 heterocycles. The minimum absolute atomic E-state index is 0.0596. The van der Waals surface area contributed by atoms with Gasteiger partial charge in [0.2, 0.25) is 0 Å². The van der Waals surface area contributed by atoms with Crippen molar-refractivity contribution in [1.29, 1.82) is 0 Å². The Morgan fingerprint density at radius 1 is 1.42 bits per heavy atom. The van der Waals surface area contributed by atoms with Crippen LogP contribution in [0.5, 0.6) is 0 Å². The first-order chi connectivity index (χ1) is 5.77. The van der Waals surface area contributed by atoms with Crippen LogP contribution in [0.1, 0.15) is 22.8 Å². The van der Waals surface area contributed by atoms with Crippen molar-refractivity contribution < 1.29 is 4.79 Å². The summed E-state index contributed by atoms with van der Waals surface area (Å²) in [4.78, 5) is 11.4. The molecular formula is C10H11NO. The second-order valence-electron chi connectivity index (χ2n) is 3.24. The van der Waals surface area contributed by atoms with E-state index in [-0.39, 0.29) is 11.9 Å². The highest BCUT2D eigenvalue weighted by Gasteiger charge is 2.19. The van der Waals surface area contributed by atoms with Crippen LogP contribution in [0, 0.1) is 0 Å². The van der Waals surface area contributed by atoms with Crippen LogP contribution in [0.25, 0.3) is 0 Å². The van der Waals surface area contributed by atoms with Crippen molar-refractivity contribution in [3.8, 4) is 0 Å². The zero-order chi connectivity index (χ0) is 8.55. The first-order valence-corrected chi connectivity index (χ1v) is 4.16. The van der Waals surface area contributed by atoms with E-state index in [9.17, 15) is 4.79 Å². The number of carbonyl (C=O) groups excluding carboxylic acids is 1. The van der Waals surface area contributed by atoms with Crippen molar-refractivity contribution in [3.05, 3.63) is 35.4 Å². The van der Waals surface area contributed by atoms with Crippen molar-refractivity contribution in [2.45, 2.75) is 19.4 Å². The van der Waals surface area contributed by atoms with Gasteiger partial charge in [0, 0.05) is 11.6 Å². The van der Waals surface area contributed by atoms with Crippen LogP contribution in [0.15, 0.2) is 24.3 Å². The molecule has 1 aliphatic heterocycles. The van der Waals surface area contributed by atoms with E-state index in [4.69, 9.17) is 0 Å². The summed E-state index contributed by atoms with van der Waals surface area (Å²) in [7, 11) is 0. The molecule has 12 heavy (non-hydrogen) atoms. The fraction of sp³-hybridized carbons (Fsp3) is 0.300. The van der Waals surface area contributed by atoms with Crippen LogP contribution in [-0.2, 0) is 6.42 Å². The molecule has 1 atom stereocenters. The monoisotopic (exact) mass is 161 g/mol. The Morgan fingerprint density at radius 3 is 3.00 bits per heavy atom. The summed E-state index contributed by atoms with van der Waals surface area (Å²) >= 11 is 0. The Hall–Kier alpha value is -1.31. The summed E-state index contributed by atoms with van der Waals surface area (Å²) in [6, 6.07) is 8.03. The Morgan fingerprint density at radius 2 is 2.17 bits per heavy atom. The van der Waals surface area contributed by atoms with Crippen LogP contribution in [-0.4, -0.2) is 11.9 Å². The lowest BCUT2D eigenvalue weighted by Gasteiger charge is -2.21. The molecule has 2 nitrogen and oxygen atoms in total. The summed E-state index contributed by atoms with van der Waals surface area (Å²) in [5.74, 6) is 0.0596. The molecule has 62 valence electrons. The van der Waals surface area contributed by atoms with Gasteiger partial charge in [0.15, 0.2) is 0 Å². The molecule has 1 amide bonds. The van der Waals surface area contributed by atoms with Crippen molar-refractivity contribution in [1.82, 2.24) is 5.32 Å². The second-order valence-corrected chi connectivity index (χ2v) is 3.24. The van der Waals surface area contributed by atoms with Gasteiger partial charge < -0.3 is 5.32 Å². The molecule has 2 rings (SSSR count). The van der Waals surface area contributed by atoms with Gasteiger partial charge in [-0.25, -0.2) is 0 Å². The fourth-order valence-corrected chi connectivity index (χ4v) is 1.60. The quantitative estimate of drug-likeness (QED) is 0.611. The number of benzene rings is 1. The molecule has 0 unspecified atom stereocenters. The van der Waals surface area contributed by atoms with Crippen LogP contribution >= 0.6 is 0 Å². The number of hydrogen-bond donors (Lipinski definition) is 1. The van der Waals surface area contributed by atoms with Crippen molar-refractivity contribution in [3.63, 3.8) is 0 Å². The Kier molecular flexibility index (Phi) is 1.61. The maximum atomic E-state index is 11.4.